The first-order valence-electron chi connectivity index (χ1n) is 8.90. The molecule has 2 fully saturated rings. The van der Waals surface area contributed by atoms with Gasteiger partial charge in [-0.25, -0.2) is 4.79 Å². The monoisotopic (exact) mass is 354 g/mol. The number of hydrogen-bond acceptors (Lipinski definition) is 5. The molecule has 2 N–H and O–H groups in total. The van der Waals surface area contributed by atoms with E-state index in [0.29, 0.717) is 6.42 Å². The van der Waals surface area contributed by atoms with Crippen LogP contribution in [0.15, 0.2) is 36.4 Å². The maximum Gasteiger partial charge on any atom is 0.515 e. The predicted octanol–water partition coefficient (Wildman–Crippen LogP) is 4.44. The summed E-state index contributed by atoms with van der Waals surface area (Å²) in [5.41, 5.74) is 2.69. The van der Waals surface area contributed by atoms with Crippen molar-refractivity contribution in [2.24, 2.45) is 0 Å². The summed E-state index contributed by atoms with van der Waals surface area (Å²) in [6.07, 6.45) is 2.57. The number of rotatable bonds is 2. The van der Waals surface area contributed by atoms with Crippen LogP contribution in [-0.2, 0) is 14.9 Å². The predicted molar refractivity (Wildman–Crippen MR) is 95.2 cm³/mol. The Morgan fingerprint density at radius 1 is 0.846 bits per heavy atom. The van der Waals surface area contributed by atoms with Gasteiger partial charge in [-0.2, -0.15) is 0 Å². The highest BCUT2D eigenvalue weighted by Gasteiger charge is 2.66. The first kappa shape index (κ1) is 16.8. The van der Waals surface area contributed by atoms with Gasteiger partial charge in [0.1, 0.15) is 11.5 Å². The number of hydrogen-bond donors (Lipinski definition) is 2. The largest absolute Gasteiger partial charge is 0.515 e. The van der Waals surface area contributed by atoms with Crippen LogP contribution in [0.25, 0.3) is 0 Å². The second-order valence-electron chi connectivity index (χ2n) is 7.32. The Hall–Kier alpha value is -2.69. The Labute approximate surface area is 152 Å². The first-order valence-corrected chi connectivity index (χ1v) is 8.90. The fourth-order valence-corrected chi connectivity index (χ4v) is 4.44. The molecule has 0 unspecified atom stereocenters. The Morgan fingerprint density at radius 3 is 1.81 bits per heavy atom. The molecule has 1 aliphatic heterocycles. The summed E-state index contributed by atoms with van der Waals surface area (Å²) in [6.45, 7) is 3.69. The molecule has 2 aromatic rings. The molecule has 0 amide bonds. The Bertz CT molecular complexity index is 826. The average molecular weight is 354 g/mol. The van der Waals surface area contributed by atoms with Crippen molar-refractivity contribution < 1.29 is 24.5 Å². The normalized spacial score (nSPS) is 20.2. The molecule has 0 radical (unpaired) electrons. The van der Waals surface area contributed by atoms with Crippen LogP contribution in [0.1, 0.15) is 47.9 Å². The van der Waals surface area contributed by atoms with Gasteiger partial charge in [0.2, 0.25) is 0 Å². The molecular formula is C21H22O5. The zero-order chi connectivity index (χ0) is 18.5. The molecule has 136 valence electrons. The smallest absolute Gasteiger partial charge is 0.508 e. The molecule has 1 aliphatic carbocycles. The number of phenols is 2. The van der Waals surface area contributed by atoms with E-state index in [2.05, 4.69) is 0 Å². The lowest BCUT2D eigenvalue weighted by molar-refractivity contribution is -0.312. The van der Waals surface area contributed by atoms with Crippen molar-refractivity contribution in [2.45, 2.75) is 50.7 Å². The van der Waals surface area contributed by atoms with Crippen LogP contribution < -0.4 is 0 Å². The molecule has 0 bridgehead atoms. The highest BCUT2D eigenvalue weighted by Crippen LogP contribution is 2.57. The molecule has 26 heavy (non-hydrogen) atoms. The van der Waals surface area contributed by atoms with Crippen molar-refractivity contribution in [2.75, 3.05) is 0 Å². The van der Waals surface area contributed by atoms with Crippen LogP contribution in [-0.4, -0.2) is 22.2 Å². The Kier molecular flexibility index (Phi) is 3.65. The van der Waals surface area contributed by atoms with E-state index in [0.717, 1.165) is 41.5 Å². The lowest BCUT2D eigenvalue weighted by atomic mass is 9.60. The van der Waals surface area contributed by atoms with Crippen LogP contribution in [0.3, 0.4) is 0 Å². The van der Waals surface area contributed by atoms with E-state index in [-0.39, 0.29) is 11.5 Å². The average Bonchev–Trinajstić information content (AvgIpc) is 2.59. The topological polar surface area (TPSA) is 76.0 Å². The highest BCUT2D eigenvalue weighted by molar-refractivity contribution is 5.68. The van der Waals surface area contributed by atoms with Crippen molar-refractivity contribution in [3.05, 3.63) is 58.7 Å². The van der Waals surface area contributed by atoms with E-state index < -0.39 is 17.4 Å². The van der Waals surface area contributed by atoms with Crippen molar-refractivity contribution >= 4 is 6.16 Å². The summed E-state index contributed by atoms with van der Waals surface area (Å²) in [4.78, 5) is 11.6. The molecule has 1 saturated heterocycles. The van der Waals surface area contributed by atoms with E-state index in [1.54, 1.807) is 12.1 Å². The molecular weight excluding hydrogens is 332 g/mol. The number of carbonyl (C=O) groups excluding carboxylic acids is 1. The maximum atomic E-state index is 11.6. The van der Waals surface area contributed by atoms with Crippen LogP contribution >= 0.6 is 0 Å². The molecule has 1 saturated carbocycles. The van der Waals surface area contributed by atoms with Crippen LogP contribution in [0.5, 0.6) is 11.5 Å². The minimum Gasteiger partial charge on any atom is -0.508 e. The third-order valence-electron chi connectivity index (χ3n) is 5.83. The minimum atomic E-state index is -1.05. The van der Waals surface area contributed by atoms with Crippen molar-refractivity contribution in [3.63, 3.8) is 0 Å². The number of phenolic OH excluding ortho intramolecular Hbond substituents is 2. The molecule has 2 aromatic carbocycles. The van der Waals surface area contributed by atoms with Gasteiger partial charge in [-0.3, -0.25) is 0 Å². The Morgan fingerprint density at radius 2 is 1.35 bits per heavy atom. The van der Waals surface area contributed by atoms with E-state index in [1.165, 1.54) is 0 Å². The third kappa shape index (κ3) is 2.19. The summed E-state index contributed by atoms with van der Waals surface area (Å²) in [6, 6.07) is 10.9. The number of ether oxygens (including phenoxy) is 2. The Balaban J connectivity index is 1.98. The summed E-state index contributed by atoms with van der Waals surface area (Å²) < 4.78 is 11.3. The lowest BCUT2D eigenvalue weighted by Gasteiger charge is -2.55. The van der Waals surface area contributed by atoms with E-state index >= 15 is 0 Å². The molecule has 1 heterocycles. The fourth-order valence-electron chi connectivity index (χ4n) is 4.44. The standard InChI is InChI=1S/C21H22O5/c1-13-11-15(5-7-17(13)22)20(16-6-8-18(23)14(2)12-16)9-3-4-10-21(20)25-19(24)26-21/h5-8,11-12,22-23H,3-4,9-10H2,1-2H3. The molecule has 1 spiro atoms. The van der Waals surface area contributed by atoms with E-state index in [1.807, 2.05) is 38.1 Å². The molecule has 2 aliphatic rings. The zero-order valence-electron chi connectivity index (χ0n) is 14.9. The van der Waals surface area contributed by atoms with Crippen LogP contribution in [0.2, 0.25) is 0 Å². The highest BCUT2D eigenvalue weighted by atomic mass is 16.9. The molecule has 5 heteroatoms. The van der Waals surface area contributed by atoms with Gasteiger partial charge in [0.15, 0.2) is 0 Å². The minimum absolute atomic E-state index is 0.224. The van der Waals surface area contributed by atoms with E-state index in [9.17, 15) is 15.0 Å². The number of benzene rings is 2. The summed E-state index contributed by atoms with van der Waals surface area (Å²) in [5.74, 6) is -0.598. The van der Waals surface area contributed by atoms with Crippen molar-refractivity contribution in [3.8, 4) is 11.5 Å². The molecule has 4 rings (SSSR count). The van der Waals surface area contributed by atoms with Crippen LogP contribution in [0, 0.1) is 13.8 Å². The second kappa shape index (κ2) is 5.66. The van der Waals surface area contributed by atoms with Crippen molar-refractivity contribution in [1.29, 1.82) is 0 Å². The maximum absolute atomic E-state index is 11.6. The summed E-state index contributed by atoms with van der Waals surface area (Å²) >= 11 is 0. The SMILES string of the molecule is Cc1cc(C2(c3ccc(O)c(C)c3)CCCCC23OC(=O)O3)ccc1O. The summed E-state index contributed by atoms with van der Waals surface area (Å²) in [5, 5.41) is 19.9. The third-order valence-corrected chi connectivity index (χ3v) is 5.83. The number of aryl methyl sites for hydroxylation is 2. The van der Waals surface area contributed by atoms with Gasteiger partial charge < -0.3 is 19.7 Å². The van der Waals surface area contributed by atoms with Gasteiger partial charge in [-0.15, -0.1) is 0 Å². The number of carbonyl (C=O) groups is 1. The van der Waals surface area contributed by atoms with Crippen LogP contribution in [0.4, 0.5) is 4.79 Å². The second-order valence-corrected chi connectivity index (χ2v) is 7.32. The molecule has 0 atom stereocenters. The quantitative estimate of drug-likeness (QED) is 0.780. The summed E-state index contributed by atoms with van der Waals surface area (Å²) in [7, 11) is 0. The van der Waals surface area contributed by atoms with Gasteiger partial charge in [0.05, 0.1) is 5.41 Å². The van der Waals surface area contributed by atoms with Gasteiger partial charge in [-0.05, 0) is 61.1 Å². The van der Waals surface area contributed by atoms with E-state index in [4.69, 9.17) is 9.47 Å². The van der Waals surface area contributed by atoms with Gasteiger partial charge >= 0.3 is 6.16 Å². The zero-order valence-corrected chi connectivity index (χ0v) is 14.9. The van der Waals surface area contributed by atoms with Crippen molar-refractivity contribution in [1.82, 2.24) is 0 Å². The molecule has 0 aromatic heterocycles. The van der Waals surface area contributed by atoms with Gasteiger partial charge in [-0.1, -0.05) is 30.7 Å². The first-order chi connectivity index (χ1) is 12.4. The van der Waals surface area contributed by atoms with Gasteiger partial charge in [0, 0.05) is 6.42 Å². The lowest BCUT2D eigenvalue weighted by Crippen LogP contribution is -2.65. The molecule has 5 nitrogen and oxygen atoms in total. The number of aromatic hydroxyl groups is 2. The van der Waals surface area contributed by atoms with Gasteiger partial charge in [0.25, 0.3) is 5.79 Å². The fraction of sp³-hybridized carbons (Fsp3) is 0.381.